The number of esters is 1. The van der Waals surface area contributed by atoms with Gasteiger partial charge in [-0.05, 0) is 18.6 Å². The molecular weight excluding hydrogens is 422 g/mol. The molecule has 2 atom stereocenters. The van der Waals surface area contributed by atoms with Crippen molar-refractivity contribution in [3.63, 3.8) is 0 Å². The molecule has 0 N–H and O–H groups in total. The van der Waals surface area contributed by atoms with Gasteiger partial charge in [0, 0.05) is 18.8 Å². The minimum atomic E-state index is -0.778. The van der Waals surface area contributed by atoms with Gasteiger partial charge in [0.25, 0.3) is 5.91 Å². The maximum atomic E-state index is 13.4. The van der Waals surface area contributed by atoms with E-state index >= 15 is 0 Å². The molecule has 0 spiro atoms. The molecule has 1 saturated heterocycles. The van der Waals surface area contributed by atoms with Crippen LogP contribution < -0.4 is 4.90 Å². The number of anilines is 1. The Balaban J connectivity index is 1.61. The monoisotopic (exact) mass is 445 g/mol. The first-order chi connectivity index (χ1) is 15.9. The molecule has 0 radical (unpaired) electrons. The number of methoxy groups -OCH3 is 1. The second kappa shape index (κ2) is 7.77. The Morgan fingerprint density at radius 3 is 2.45 bits per heavy atom. The van der Waals surface area contributed by atoms with Gasteiger partial charge >= 0.3 is 12.0 Å². The first-order valence-corrected chi connectivity index (χ1v) is 10.6. The highest BCUT2D eigenvalue weighted by Gasteiger charge is 2.55. The predicted molar refractivity (Wildman–Crippen MR) is 122 cm³/mol. The zero-order valence-corrected chi connectivity index (χ0v) is 18.5. The number of imide groups is 1. The Morgan fingerprint density at radius 1 is 1.06 bits per heavy atom. The maximum absolute atomic E-state index is 13.4. The van der Waals surface area contributed by atoms with Gasteiger partial charge in [-0.25, -0.2) is 9.79 Å². The van der Waals surface area contributed by atoms with Crippen molar-refractivity contribution in [2.75, 3.05) is 25.6 Å². The minimum Gasteiger partial charge on any atom is -0.468 e. The second-order valence-electron chi connectivity index (χ2n) is 8.09. The van der Waals surface area contributed by atoms with Crippen LogP contribution in [0.15, 0.2) is 65.8 Å². The number of aryl methyl sites for hydroxylation is 1. The van der Waals surface area contributed by atoms with E-state index in [0.29, 0.717) is 5.96 Å². The quantitative estimate of drug-likeness (QED) is 0.671. The van der Waals surface area contributed by atoms with Crippen molar-refractivity contribution in [1.82, 2.24) is 14.7 Å². The van der Waals surface area contributed by atoms with Gasteiger partial charge in [0.2, 0.25) is 5.96 Å². The molecule has 33 heavy (non-hydrogen) atoms. The molecule has 5 rings (SSSR count). The van der Waals surface area contributed by atoms with Gasteiger partial charge in [0.15, 0.2) is 12.2 Å². The zero-order valence-electron chi connectivity index (χ0n) is 18.5. The van der Waals surface area contributed by atoms with Crippen molar-refractivity contribution in [2.24, 2.45) is 4.99 Å². The zero-order chi connectivity index (χ0) is 23.3. The largest absolute Gasteiger partial charge is 0.468 e. The van der Waals surface area contributed by atoms with Crippen molar-refractivity contribution < 1.29 is 19.1 Å². The van der Waals surface area contributed by atoms with Gasteiger partial charge in [0.1, 0.15) is 6.54 Å². The number of carbonyl (C=O) groups excluding carboxylic acids is 3. The van der Waals surface area contributed by atoms with E-state index in [-0.39, 0.29) is 0 Å². The third kappa shape index (κ3) is 3.15. The standard InChI is InChI=1S/C24H23N5O4/c1-15-9-7-8-12-17(15)29-18(16-10-5-4-6-11-16)13-27-20-21(25-23(27)29)26(2)24(32)28(22(20)31)14-19(30)33-3/h4-13,20-21H,14H2,1-3H3. The van der Waals surface area contributed by atoms with Crippen LogP contribution in [0, 0.1) is 6.92 Å². The van der Waals surface area contributed by atoms with E-state index < -0.39 is 36.7 Å². The number of likely N-dealkylation sites (N-methyl/N-ethyl adjacent to an activating group) is 1. The van der Waals surface area contributed by atoms with Gasteiger partial charge in [-0.15, -0.1) is 0 Å². The first-order valence-electron chi connectivity index (χ1n) is 10.6. The van der Waals surface area contributed by atoms with E-state index in [4.69, 9.17) is 4.99 Å². The number of amides is 3. The summed E-state index contributed by atoms with van der Waals surface area (Å²) in [7, 11) is 2.81. The lowest BCUT2D eigenvalue weighted by atomic mass is 10.1. The molecule has 3 amide bonds. The van der Waals surface area contributed by atoms with Crippen LogP contribution in [0.4, 0.5) is 10.5 Å². The van der Waals surface area contributed by atoms with Crippen LogP contribution in [0.3, 0.4) is 0 Å². The Bertz CT molecular complexity index is 1210. The molecule has 2 unspecified atom stereocenters. The molecule has 0 saturated carbocycles. The lowest BCUT2D eigenvalue weighted by Gasteiger charge is -2.39. The van der Waals surface area contributed by atoms with E-state index in [1.54, 1.807) is 11.9 Å². The van der Waals surface area contributed by atoms with E-state index in [1.807, 2.05) is 72.6 Å². The van der Waals surface area contributed by atoms with E-state index in [1.165, 1.54) is 12.0 Å². The Labute approximate surface area is 191 Å². The van der Waals surface area contributed by atoms with Gasteiger partial charge in [-0.3, -0.25) is 24.3 Å². The molecule has 0 aliphatic carbocycles. The number of guanidine groups is 1. The maximum Gasteiger partial charge on any atom is 0.328 e. The molecule has 9 nitrogen and oxygen atoms in total. The summed E-state index contributed by atoms with van der Waals surface area (Å²) in [5, 5.41) is 0. The third-order valence-electron chi connectivity index (χ3n) is 6.15. The number of ether oxygens (including phenoxy) is 1. The van der Waals surface area contributed by atoms with Crippen LogP contribution in [0.2, 0.25) is 0 Å². The molecule has 3 aliphatic heterocycles. The molecule has 2 aromatic carbocycles. The number of carbonyl (C=O) groups is 3. The third-order valence-corrected chi connectivity index (χ3v) is 6.15. The number of rotatable bonds is 4. The molecule has 168 valence electrons. The van der Waals surface area contributed by atoms with Crippen molar-refractivity contribution in [3.05, 3.63) is 71.9 Å². The predicted octanol–water partition coefficient (Wildman–Crippen LogP) is 2.25. The van der Waals surface area contributed by atoms with E-state index in [2.05, 4.69) is 4.74 Å². The lowest BCUT2D eigenvalue weighted by molar-refractivity contribution is -0.148. The summed E-state index contributed by atoms with van der Waals surface area (Å²) in [6.07, 6.45) is 1.19. The molecule has 0 bridgehead atoms. The molecule has 2 aromatic rings. The van der Waals surface area contributed by atoms with E-state index in [9.17, 15) is 14.4 Å². The Kier molecular flexibility index (Phi) is 4.88. The SMILES string of the molecule is COC(=O)CN1C(=O)C2C(N=C3N(c4ccccc4C)C(c4ccccc4)=CN32)N(C)C1=O. The molecule has 3 aliphatic rings. The van der Waals surface area contributed by atoms with Gasteiger partial charge < -0.3 is 9.64 Å². The molecular formula is C24H23N5O4. The summed E-state index contributed by atoms with van der Waals surface area (Å²) >= 11 is 0. The number of para-hydroxylation sites is 1. The van der Waals surface area contributed by atoms with Gasteiger partial charge in [-0.1, -0.05) is 48.5 Å². The first kappa shape index (κ1) is 20.7. The summed E-state index contributed by atoms with van der Waals surface area (Å²) in [6.45, 7) is 1.57. The van der Waals surface area contributed by atoms with Gasteiger partial charge in [-0.2, -0.15) is 0 Å². The average Bonchev–Trinajstić information content (AvgIpc) is 3.38. The Morgan fingerprint density at radius 2 is 1.76 bits per heavy atom. The second-order valence-corrected chi connectivity index (χ2v) is 8.09. The molecule has 1 fully saturated rings. The van der Waals surface area contributed by atoms with Crippen LogP contribution in [0.25, 0.3) is 5.70 Å². The fourth-order valence-electron chi connectivity index (χ4n) is 4.44. The number of hydrogen-bond acceptors (Lipinski definition) is 7. The Hall–Kier alpha value is -4.14. The summed E-state index contributed by atoms with van der Waals surface area (Å²) in [5.41, 5.74) is 3.81. The highest BCUT2D eigenvalue weighted by molar-refractivity contribution is 6.16. The highest BCUT2D eigenvalue weighted by atomic mass is 16.5. The van der Waals surface area contributed by atoms with Crippen LogP contribution in [-0.2, 0) is 14.3 Å². The topological polar surface area (TPSA) is 85.8 Å². The highest BCUT2D eigenvalue weighted by Crippen LogP contribution is 2.40. The van der Waals surface area contributed by atoms with Crippen molar-refractivity contribution in [1.29, 1.82) is 0 Å². The smallest absolute Gasteiger partial charge is 0.328 e. The number of hydrogen-bond donors (Lipinski definition) is 0. The van der Waals surface area contributed by atoms with Crippen molar-refractivity contribution in [2.45, 2.75) is 19.1 Å². The molecule has 0 aromatic heterocycles. The number of nitrogens with zero attached hydrogens (tertiary/aromatic N) is 5. The van der Waals surface area contributed by atoms with Crippen LogP contribution in [-0.4, -0.2) is 71.5 Å². The van der Waals surface area contributed by atoms with E-state index in [0.717, 1.165) is 27.4 Å². The number of urea groups is 1. The van der Waals surface area contributed by atoms with Crippen LogP contribution >= 0.6 is 0 Å². The number of fused-ring (bicyclic) bond motifs is 3. The normalized spacial score (nSPS) is 21.7. The summed E-state index contributed by atoms with van der Waals surface area (Å²) in [5.74, 6) is -0.584. The lowest BCUT2D eigenvalue weighted by Crippen LogP contribution is -2.65. The van der Waals surface area contributed by atoms with Crippen LogP contribution in [0.1, 0.15) is 11.1 Å². The van der Waals surface area contributed by atoms with Crippen LogP contribution in [0.5, 0.6) is 0 Å². The summed E-state index contributed by atoms with van der Waals surface area (Å²) < 4.78 is 4.68. The summed E-state index contributed by atoms with van der Waals surface area (Å²) in [4.78, 5) is 49.1. The fourth-order valence-corrected chi connectivity index (χ4v) is 4.44. The van der Waals surface area contributed by atoms with Crippen molar-refractivity contribution in [3.8, 4) is 0 Å². The molecule has 3 heterocycles. The minimum absolute atomic E-state index is 0.443. The number of aliphatic imine (C=N–C) groups is 1. The fraction of sp³-hybridized carbons (Fsp3) is 0.250. The average molecular weight is 445 g/mol. The number of benzene rings is 2. The van der Waals surface area contributed by atoms with Crippen molar-refractivity contribution >= 4 is 35.3 Å². The van der Waals surface area contributed by atoms with Gasteiger partial charge in [0.05, 0.1) is 18.5 Å². The molecule has 9 heteroatoms. The summed E-state index contributed by atoms with van der Waals surface area (Å²) in [6, 6.07) is 16.4.